The molecule has 0 aliphatic carbocycles. The highest BCUT2D eigenvalue weighted by molar-refractivity contribution is 5.94. The third-order valence-corrected chi connectivity index (χ3v) is 5.80. The van der Waals surface area contributed by atoms with Gasteiger partial charge in [-0.1, -0.05) is 18.2 Å². The number of hydrogen-bond donors (Lipinski definition) is 2. The fourth-order valence-corrected chi connectivity index (χ4v) is 4.14. The number of carbonyl (C=O) groups is 2. The highest BCUT2D eigenvalue weighted by Gasteiger charge is 2.33. The van der Waals surface area contributed by atoms with E-state index in [1.165, 1.54) is 4.90 Å². The van der Waals surface area contributed by atoms with Gasteiger partial charge in [-0.15, -0.1) is 0 Å². The van der Waals surface area contributed by atoms with E-state index in [0.29, 0.717) is 25.3 Å². The minimum Gasteiger partial charge on any atom is -0.497 e. The molecule has 0 unspecified atom stereocenters. The van der Waals surface area contributed by atoms with Crippen molar-refractivity contribution in [3.05, 3.63) is 65.2 Å². The molecule has 4 rings (SSSR count). The highest BCUT2D eigenvalue weighted by Crippen LogP contribution is 2.32. The molecule has 1 fully saturated rings. The van der Waals surface area contributed by atoms with Crippen LogP contribution in [0.5, 0.6) is 5.75 Å². The molecule has 0 radical (unpaired) electrons. The third-order valence-electron chi connectivity index (χ3n) is 5.80. The molecule has 0 aromatic heterocycles. The summed E-state index contributed by atoms with van der Waals surface area (Å²) >= 11 is 0. The van der Waals surface area contributed by atoms with E-state index >= 15 is 0 Å². The average molecular weight is 411 g/mol. The first kappa shape index (κ1) is 20.4. The quantitative estimate of drug-likeness (QED) is 0.667. The van der Waals surface area contributed by atoms with Crippen molar-refractivity contribution >= 4 is 11.9 Å². The van der Waals surface area contributed by atoms with Crippen molar-refractivity contribution in [1.82, 2.24) is 5.32 Å². The van der Waals surface area contributed by atoms with E-state index in [9.17, 15) is 9.59 Å². The standard InChI is InChI=1S/C23H26N2O5/c1-28-17-8-6-16(7-9-17)20(25-10-12-29-13-11-25)15-24-22(26)14-21-18-4-2-3-5-19(18)23(27)30-21/h2-9,20-21H,10-15H2,1H3,(H,24,26)/p+1/t20-,21-/m0/s1. The number of esters is 1. The molecule has 7 heteroatoms. The molecule has 2 aliphatic rings. The van der Waals surface area contributed by atoms with Crippen LogP contribution in [0.25, 0.3) is 0 Å². The zero-order valence-corrected chi connectivity index (χ0v) is 17.1. The summed E-state index contributed by atoms with van der Waals surface area (Å²) < 4.78 is 16.2. The Morgan fingerprint density at radius 1 is 1.17 bits per heavy atom. The predicted molar refractivity (Wildman–Crippen MR) is 109 cm³/mol. The minimum atomic E-state index is -0.524. The summed E-state index contributed by atoms with van der Waals surface area (Å²) in [7, 11) is 1.65. The van der Waals surface area contributed by atoms with Gasteiger partial charge in [0, 0.05) is 11.1 Å². The average Bonchev–Trinajstić information content (AvgIpc) is 3.10. The molecule has 30 heavy (non-hydrogen) atoms. The fourth-order valence-electron chi connectivity index (χ4n) is 4.14. The first-order valence-electron chi connectivity index (χ1n) is 10.3. The molecule has 2 aromatic rings. The van der Waals surface area contributed by atoms with Crippen molar-refractivity contribution < 1.29 is 28.7 Å². The number of fused-ring (bicyclic) bond motifs is 1. The largest absolute Gasteiger partial charge is 0.497 e. The number of nitrogens with one attached hydrogen (secondary N) is 2. The molecule has 1 amide bonds. The number of benzene rings is 2. The van der Waals surface area contributed by atoms with Crippen LogP contribution in [-0.4, -0.2) is 51.8 Å². The number of morpholine rings is 1. The number of amides is 1. The SMILES string of the molecule is COc1ccc([C@H](CNC(=O)C[C@@H]2OC(=O)c3ccccc32)[NH+]2CCOCC2)cc1. The summed E-state index contributed by atoms with van der Waals surface area (Å²) in [5.74, 6) is 0.313. The van der Waals surface area contributed by atoms with Crippen LogP contribution in [0.1, 0.15) is 40.1 Å². The number of hydrogen-bond acceptors (Lipinski definition) is 5. The Bertz CT molecular complexity index is 893. The van der Waals surface area contributed by atoms with Gasteiger partial charge in [0.15, 0.2) is 0 Å². The molecule has 2 heterocycles. The van der Waals surface area contributed by atoms with E-state index in [4.69, 9.17) is 14.2 Å². The Kier molecular flexibility index (Phi) is 6.30. The second-order valence-electron chi connectivity index (χ2n) is 7.59. The lowest BCUT2D eigenvalue weighted by Crippen LogP contribution is -3.15. The second kappa shape index (κ2) is 9.28. The second-order valence-corrected chi connectivity index (χ2v) is 7.59. The molecular formula is C23H27N2O5+. The summed E-state index contributed by atoms with van der Waals surface area (Å²) in [5, 5.41) is 3.06. The summed E-state index contributed by atoms with van der Waals surface area (Å²) in [4.78, 5) is 26.0. The Labute approximate surface area is 175 Å². The Morgan fingerprint density at radius 2 is 1.90 bits per heavy atom. The van der Waals surface area contributed by atoms with Crippen molar-refractivity contribution in [1.29, 1.82) is 0 Å². The van der Waals surface area contributed by atoms with Crippen molar-refractivity contribution in [2.24, 2.45) is 0 Å². The van der Waals surface area contributed by atoms with Gasteiger partial charge in [0.2, 0.25) is 5.91 Å². The Balaban J connectivity index is 1.41. The molecule has 2 aromatic carbocycles. The third kappa shape index (κ3) is 4.47. The number of methoxy groups -OCH3 is 1. The number of rotatable bonds is 7. The van der Waals surface area contributed by atoms with Crippen LogP contribution in [0.3, 0.4) is 0 Å². The topological polar surface area (TPSA) is 78.3 Å². The van der Waals surface area contributed by atoms with Gasteiger partial charge < -0.3 is 24.4 Å². The van der Waals surface area contributed by atoms with Gasteiger partial charge in [0.1, 0.15) is 31.0 Å². The van der Waals surface area contributed by atoms with Crippen LogP contribution < -0.4 is 15.0 Å². The van der Waals surface area contributed by atoms with Crippen LogP contribution in [0.15, 0.2) is 48.5 Å². The summed E-state index contributed by atoms with van der Waals surface area (Å²) in [6.07, 6.45) is -0.403. The molecule has 7 nitrogen and oxygen atoms in total. The van der Waals surface area contributed by atoms with Gasteiger partial charge in [-0.25, -0.2) is 4.79 Å². The van der Waals surface area contributed by atoms with Crippen molar-refractivity contribution in [2.75, 3.05) is 40.0 Å². The number of carbonyl (C=O) groups excluding carboxylic acids is 2. The molecule has 0 saturated carbocycles. The normalized spacial score (nSPS) is 19.6. The number of ether oxygens (including phenoxy) is 3. The van der Waals surface area contributed by atoms with Crippen molar-refractivity contribution in [2.45, 2.75) is 18.6 Å². The van der Waals surface area contributed by atoms with Gasteiger partial charge in [0.25, 0.3) is 0 Å². The Morgan fingerprint density at radius 3 is 2.63 bits per heavy atom. The van der Waals surface area contributed by atoms with Crippen LogP contribution in [0.4, 0.5) is 0 Å². The van der Waals surface area contributed by atoms with E-state index in [2.05, 4.69) is 5.32 Å². The summed E-state index contributed by atoms with van der Waals surface area (Å²) in [6, 6.07) is 15.3. The maximum Gasteiger partial charge on any atom is 0.339 e. The van der Waals surface area contributed by atoms with Gasteiger partial charge in [-0.05, 0) is 30.3 Å². The first-order valence-corrected chi connectivity index (χ1v) is 10.3. The fraction of sp³-hybridized carbons (Fsp3) is 0.391. The minimum absolute atomic E-state index is 0.113. The van der Waals surface area contributed by atoms with Crippen molar-refractivity contribution in [3.63, 3.8) is 0 Å². The lowest BCUT2D eigenvalue weighted by atomic mass is 10.0. The summed E-state index contributed by atoms with van der Waals surface area (Å²) in [5.41, 5.74) is 2.47. The lowest BCUT2D eigenvalue weighted by Gasteiger charge is -2.32. The number of cyclic esters (lactones) is 1. The molecule has 158 valence electrons. The van der Waals surface area contributed by atoms with E-state index in [-0.39, 0.29) is 24.3 Å². The van der Waals surface area contributed by atoms with Crippen LogP contribution in [-0.2, 0) is 14.3 Å². The van der Waals surface area contributed by atoms with E-state index in [1.54, 1.807) is 19.2 Å². The molecule has 1 saturated heterocycles. The van der Waals surface area contributed by atoms with Crippen molar-refractivity contribution in [3.8, 4) is 5.75 Å². The number of quaternary nitrogens is 1. The van der Waals surface area contributed by atoms with E-state index < -0.39 is 6.10 Å². The molecule has 2 aliphatic heterocycles. The van der Waals surface area contributed by atoms with Gasteiger partial charge in [0.05, 0.1) is 38.9 Å². The monoisotopic (exact) mass is 411 g/mol. The van der Waals surface area contributed by atoms with Crippen LogP contribution >= 0.6 is 0 Å². The molecule has 0 spiro atoms. The highest BCUT2D eigenvalue weighted by atomic mass is 16.5. The zero-order valence-electron chi connectivity index (χ0n) is 17.1. The Hall–Kier alpha value is -2.90. The van der Waals surface area contributed by atoms with Crippen LogP contribution in [0, 0.1) is 0 Å². The molecular weight excluding hydrogens is 384 g/mol. The van der Waals surface area contributed by atoms with Gasteiger partial charge >= 0.3 is 5.97 Å². The zero-order chi connectivity index (χ0) is 20.9. The van der Waals surface area contributed by atoms with E-state index in [0.717, 1.165) is 30.0 Å². The van der Waals surface area contributed by atoms with Gasteiger partial charge in [-0.2, -0.15) is 0 Å². The lowest BCUT2D eigenvalue weighted by molar-refractivity contribution is -0.937. The smallest absolute Gasteiger partial charge is 0.339 e. The van der Waals surface area contributed by atoms with E-state index in [1.807, 2.05) is 36.4 Å². The summed E-state index contributed by atoms with van der Waals surface area (Å²) in [6.45, 7) is 3.71. The molecule has 0 bridgehead atoms. The predicted octanol–water partition coefficient (Wildman–Crippen LogP) is 1.07. The first-order chi connectivity index (χ1) is 14.7. The van der Waals surface area contributed by atoms with Gasteiger partial charge in [-0.3, -0.25) is 4.79 Å². The maximum absolute atomic E-state index is 12.7. The molecule has 2 atom stereocenters. The van der Waals surface area contributed by atoms with Crippen LogP contribution in [0.2, 0.25) is 0 Å². The molecule has 2 N–H and O–H groups in total. The maximum atomic E-state index is 12.7.